The zero-order chi connectivity index (χ0) is 16.1. The Morgan fingerprint density at radius 1 is 1.13 bits per heavy atom. The van der Waals surface area contributed by atoms with Gasteiger partial charge in [0.2, 0.25) is 0 Å². The highest BCUT2D eigenvalue weighted by Crippen LogP contribution is 2.18. The molecule has 1 aromatic heterocycles. The molecule has 0 radical (unpaired) electrons. The van der Waals surface area contributed by atoms with Crippen LogP contribution < -0.4 is 10.1 Å². The molecule has 0 saturated heterocycles. The van der Waals surface area contributed by atoms with Crippen LogP contribution in [0.25, 0.3) is 0 Å². The minimum absolute atomic E-state index is 0.248. The van der Waals surface area contributed by atoms with E-state index in [-0.39, 0.29) is 5.91 Å². The number of anilines is 1. The number of carbonyl (C=O) groups is 1. The molecule has 0 bridgehead atoms. The third-order valence-electron chi connectivity index (χ3n) is 3.36. The number of hydrogen-bond donors (Lipinski definition) is 1. The number of benzene rings is 2. The first-order valence-electron chi connectivity index (χ1n) is 7.22. The summed E-state index contributed by atoms with van der Waals surface area (Å²) in [4.78, 5) is 12.0. The summed E-state index contributed by atoms with van der Waals surface area (Å²) < 4.78 is 10.6. The van der Waals surface area contributed by atoms with Crippen LogP contribution in [-0.2, 0) is 6.61 Å². The maximum atomic E-state index is 12.0. The van der Waals surface area contributed by atoms with Gasteiger partial charge in [0, 0.05) is 5.69 Å². The quantitative estimate of drug-likeness (QED) is 0.778. The first-order valence-corrected chi connectivity index (χ1v) is 7.22. The van der Waals surface area contributed by atoms with E-state index < -0.39 is 0 Å². The van der Waals surface area contributed by atoms with Crippen molar-refractivity contribution in [3.05, 3.63) is 77.7 Å². The molecule has 1 heterocycles. The monoisotopic (exact) mass is 308 g/mol. The summed E-state index contributed by atoms with van der Waals surface area (Å²) in [5.74, 6) is 0.986. The molecule has 1 amide bonds. The third-order valence-corrected chi connectivity index (χ3v) is 3.36. The highest BCUT2D eigenvalue weighted by atomic mass is 16.5. The van der Waals surface area contributed by atoms with E-state index in [1.54, 1.807) is 19.1 Å². The average Bonchev–Trinajstić information content (AvgIpc) is 3.01. The predicted octanol–water partition coefficient (Wildman–Crippen LogP) is 3.81. The summed E-state index contributed by atoms with van der Waals surface area (Å²) in [6.45, 7) is 2.20. The van der Waals surface area contributed by atoms with Crippen LogP contribution in [0.3, 0.4) is 0 Å². The maximum Gasteiger partial charge on any atom is 0.260 e. The minimum atomic E-state index is -0.248. The number of ether oxygens (including phenoxy) is 1. The first kappa shape index (κ1) is 14.8. The van der Waals surface area contributed by atoms with E-state index in [1.165, 1.54) is 6.20 Å². The molecule has 0 atom stereocenters. The van der Waals surface area contributed by atoms with E-state index in [0.29, 0.717) is 23.6 Å². The van der Waals surface area contributed by atoms with Crippen LogP contribution in [0, 0.1) is 6.92 Å². The van der Waals surface area contributed by atoms with Crippen LogP contribution in [0.2, 0.25) is 0 Å². The lowest BCUT2D eigenvalue weighted by Crippen LogP contribution is -2.12. The van der Waals surface area contributed by atoms with Crippen molar-refractivity contribution in [3.8, 4) is 5.75 Å². The standard InChI is InChI=1S/C18H16N2O3/c1-13-17(11-19-23-13)18(21)20-15-7-9-16(10-8-15)22-12-14-5-3-2-4-6-14/h2-11H,12H2,1H3,(H,20,21). The van der Waals surface area contributed by atoms with E-state index in [2.05, 4.69) is 10.5 Å². The Labute approximate surface area is 133 Å². The molecular weight excluding hydrogens is 292 g/mol. The maximum absolute atomic E-state index is 12.0. The number of aryl methyl sites for hydroxylation is 1. The number of carbonyl (C=O) groups excluding carboxylic acids is 1. The van der Waals surface area contributed by atoms with Crippen molar-refractivity contribution >= 4 is 11.6 Å². The van der Waals surface area contributed by atoms with Gasteiger partial charge in [0.25, 0.3) is 5.91 Å². The predicted molar refractivity (Wildman–Crippen MR) is 86.4 cm³/mol. The van der Waals surface area contributed by atoms with Gasteiger partial charge in [-0.05, 0) is 36.8 Å². The van der Waals surface area contributed by atoms with Gasteiger partial charge < -0.3 is 14.6 Å². The van der Waals surface area contributed by atoms with E-state index in [0.717, 1.165) is 11.3 Å². The average molecular weight is 308 g/mol. The lowest BCUT2D eigenvalue weighted by Gasteiger charge is -2.08. The number of aromatic nitrogens is 1. The third kappa shape index (κ3) is 3.77. The molecule has 3 aromatic rings. The smallest absolute Gasteiger partial charge is 0.260 e. The molecule has 0 aliphatic rings. The molecule has 3 rings (SSSR count). The van der Waals surface area contributed by atoms with Crippen molar-refractivity contribution < 1.29 is 14.1 Å². The highest BCUT2D eigenvalue weighted by molar-refractivity contribution is 6.04. The summed E-state index contributed by atoms with van der Waals surface area (Å²) in [5.41, 5.74) is 2.21. The van der Waals surface area contributed by atoms with E-state index >= 15 is 0 Å². The Hall–Kier alpha value is -3.08. The van der Waals surface area contributed by atoms with Gasteiger partial charge in [0.05, 0.1) is 6.20 Å². The van der Waals surface area contributed by atoms with E-state index in [9.17, 15) is 4.79 Å². The molecule has 0 unspecified atom stereocenters. The van der Waals surface area contributed by atoms with Gasteiger partial charge in [-0.15, -0.1) is 0 Å². The van der Waals surface area contributed by atoms with E-state index in [1.807, 2.05) is 42.5 Å². The summed E-state index contributed by atoms with van der Waals surface area (Å²) >= 11 is 0. The highest BCUT2D eigenvalue weighted by Gasteiger charge is 2.12. The lowest BCUT2D eigenvalue weighted by atomic mass is 10.2. The molecule has 23 heavy (non-hydrogen) atoms. The Kier molecular flexibility index (Phi) is 4.38. The topological polar surface area (TPSA) is 64.4 Å². The number of hydrogen-bond acceptors (Lipinski definition) is 4. The van der Waals surface area contributed by atoms with Crippen LogP contribution in [0.1, 0.15) is 21.7 Å². The molecule has 0 aliphatic carbocycles. The number of amides is 1. The molecule has 0 aliphatic heterocycles. The van der Waals surface area contributed by atoms with Gasteiger partial charge in [-0.2, -0.15) is 0 Å². The Balaban J connectivity index is 1.59. The fourth-order valence-electron chi connectivity index (χ4n) is 2.09. The number of nitrogens with one attached hydrogen (secondary N) is 1. The first-order chi connectivity index (χ1) is 11.2. The zero-order valence-corrected chi connectivity index (χ0v) is 12.7. The SMILES string of the molecule is Cc1oncc1C(=O)Nc1ccc(OCc2ccccc2)cc1. The fraction of sp³-hybridized carbons (Fsp3) is 0.111. The van der Waals surface area contributed by atoms with Crippen molar-refractivity contribution in [2.45, 2.75) is 13.5 Å². The molecule has 5 nitrogen and oxygen atoms in total. The Bertz CT molecular complexity index is 780. The van der Waals surface area contributed by atoms with Crippen LogP contribution >= 0.6 is 0 Å². The van der Waals surface area contributed by atoms with Crippen LogP contribution in [0.5, 0.6) is 5.75 Å². The second-order valence-electron chi connectivity index (χ2n) is 5.05. The van der Waals surface area contributed by atoms with Crippen LogP contribution in [-0.4, -0.2) is 11.1 Å². The summed E-state index contributed by atoms with van der Waals surface area (Å²) in [5, 5.41) is 6.39. The van der Waals surface area contributed by atoms with Crippen molar-refractivity contribution in [2.24, 2.45) is 0 Å². The minimum Gasteiger partial charge on any atom is -0.489 e. The van der Waals surface area contributed by atoms with Crippen LogP contribution in [0.15, 0.2) is 65.3 Å². The number of nitrogens with zero attached hydrogens (tertiary/aromatic N) is 1. The molecule has 0 spiro atoms. The van der Waals surface area contributed by atoms with Crippen LogP contribution in [0.4, 0.5) is 5.69 Å². The summed E-state index contributed by atoms with van der Waals surface area (Å²) in [6.07, 6.45) is 1.40. The van der Waals surface area contributed by atoms with Gasteiger partial charge in [-0.1, -0.05) is 35.5 Å². The largest absolute Gasteiger partial charge is 0.489 e. The van der Waals surface area contributed by atoms with Gasteiger partial charge in [0.1, 0.15) is 23.7 Å². The Morgan fingerprint density at radius 2 is 1.87 bits per heavy atom. The Morgan fingerprint density at radius 3 is 2.52 bits per heavy atom. The zero-order valence-electron chi connectivity index (χ0n) is 12.7. The molecule has 1 N–H and O–H groups in total. The normalized spacial score (nSPS) is 10.3. The van der Waals surface area contributed by atoms with Crippen molar-refractivity contribution in [1.29, 1.82) is 0 Å². The van der Waals surface area contributed by atoms with Gasteiger partial charge in [-0.3, -0.25) is 4.79 Å². The van der Waals surface area contributed by atoms with Crippen molar-refractivity contribution in [1.82, 2.24) is 5.16 Å². The van der Waals surface area contributed by atoms with E-state index in [4.69, 9.17) is 9.26 Å². The molecule has 5 heteroatoms. The van der Waals surface area contributed by atoms with Crippen molar-refractivity contribution in [2.75, 3.05) is 5.32 Å². The molecule has 116 valence electrons. The van der Waals surface area contributed by atoms with Gasteiger partial charge >= 0.3 is 0 Å². The molecule has 0 fully saturated rings. The summed E-state index contributed by atoms with van der Waals surface area (Å²) in [7, 11) is 0. The van der Waals surface area contributed by atoms with Crippen molar-refractivity contribution in [3.63, 3.8) is 0 Å². The summed E-state index contributed by atoms with van der Waals surface area (Å²) in [6, 6.07) is 17.2. The molecule has 0 saturated carbocycles. The molecular formula is C18H16N2O3. The lowest BCUT2D eigenvalue weighted by molar-refractivity contribution is 0.102. The molecule has 2 aromatic carbocycles. The van der Waals surface area contributed by atoms with Gasteiger partial charge in [-0.25, -0.2) is 0 Å². The number of rotatable bonds is 5. The second kappa shape index (κ2) is 6.79. The second-order valence-corrected chi connectivity index (χ2v) is 5.05. The fourth-order valence-corrected chi connectivity index (χ4v) is 2.09. The van der Waals surface area contributed by atoms with Gasteiger partial charge in [0.15, 0.2) is 0 Å².